The third kappa shape index (κ3) is 2.46. The standard InChI is InChI=1S/C13H14FNO2/c1-17-13(16)6-3-8-15-9-7-10-11(14)4-2-5-12(10)15/h2,4-5,7,9H,3,6,8H2,1H3. The van der Waals surface area contributed by atoms with Crippen LogP contribution in [0.2, 0.25) is 0 Å². The lowest BCUT2D eigenvalue weighted by molar-refractivity contribution is -0.140. The van der Waals surface area contributed by atoms with Crippen LogP contribution in [-0.2, 0) is 16.1 Å². The van der Waals surface area contributed by atoms with E-state index in [9.17, 15) is 9.18 Å². The summed E-state index contributed by atoms with van der Waals surface area (Å²) in [6.07, 6.45) is 2.91. The summed E-state index contributed by atoms with van der Waals surface area (Å²) in [7, 11) is 1.38. The number of esters is 1. The molecule has 1 heterocycles. The lowest BCUT2D eigenvalue weighted by Crippen LogP contribution is -2.03. The molecule has 0 fully saturated rings. The summed E-state index contributed by atoms with van der Waals surface area (Å²) in [5.41, 5.74) is 0.856. The van der Waals surface area contributed by atoms with E-state index in [4.69, 9.17) is 0 Å². The fourth-order valence-corrected chi connectivity index (χ4v) is 1.88. The first kappa shape index (κ1) is 11.6. The normalized spacial score (nSPS) is 10.7. The molecule has 17 heavy (non-hydrogen) atoms. The molecule has 0 spiro atoms. The first-order chi connectivity index (χ1) is 8.22. The average Bonchev–Trinajstić information content (AvgIpc) is 2.74. The molecule has 0 saturated heterocycles. The van der Waals surface area contributed by atoms with Gasteiger partial charge in [-0.05, 0) is 24.6 Å². The Morgan fingerprint density at radius 2 is 2.24 bits per heavy atom. The molecule has 2 aromatic rings. The van der Waals surface area contributed by atoms with Gasteiger partial charge in [-0.1, -0.05) is 6.07 Å². The molecule has 0 radical (unpaired) electrons. The van der Waals surface area contributed by atoms with Crippen molar-refractivity contribution in [1.82, 2.24) is 4.57 Å². The van der Waals surface area contributed by atoms with Crippen LogP contribution in [0.3, 0.4) is 0 Å². The van der Waals surface area contributed by atoms with E-state index in [2.05, 4.69) is 4.74 Å². The second kappa shape index (κ2) is 4.99. The lowest BCUT2D eigenvalue weighted by atomic mass is 10.2. The first-order valence-electron chi connectivity index (χ1n) is 5.52. The van der Waals surface area contributed by atoms with Gasteiger partial charge in [-0.3, -0.25) is 4.79 Å². The highest BCUT2D eigenvalue weighted by molar-refractivity contribution is 5.80. The number of hydrogen-bond donors (Lipinski definition) is 0. The molecule has 0 aliphatic carbocycles. The molecule has 1 aromatic heterocycles. The van der Waals surface area contributed by atoms with Gasteiger partial charge >= 0.3 is 5.97 Å². The zero-order valence-corrected chi connectivity index (χ0v) is 9.65. The number of aryl methyl sites for hydroxylation is 1. The number of ether oxygens (including phenoxy) is 1. The minimum Gasteiger partial charge on any atom is -0.469 e. The largest absolute Gasteiger partial charge is 0.469 e. The van der Waals surface area contributed by atoms with Gasteiger partial charge in [0.05, 0.1) is 12.6 Å². The Morgan fingerprint density at radius 3 is 3.00 bits per heavy atom. The van der Waals surface area contributed by atoms with Crippen molar-refractivity contribution < 1.29 is 13.9 Å². The van der Waals surface area contributed by atoms with Crippen LogP contribution in [0, 0.1) is 5.82 Å². The predicted molar refractivity (Wildman–Crippen MR) is 63.1 cm³/mol. The van der Waals surface area contributed by atoms with Crippen LogP contribution in [0.25, 0.3) is 10.9 Å². The number of hydrogen-bond acceptors (Lipinski definition) is 2. The number of carbonyl (C=O) groups is 1. The molecule has 0 aliphatic heterocycles. The summed E-state index contributed by atoms with van der Waals surface area (Å²) in [5.74, 6) is -0.429. The molecule has 0 bridgehead atoms. The van der Waals surface area contributed by atoms with Gasteiger partial charge in [-0.15, -0.1) is 0 Å². The minimum atomic E-state index is -0.215. The van der Waals surface area contributed by atoms with Crippen molar-refractivity contribution in [3.05, 3.63) is 36.3 Å². The van der Waals surface area contributed by atoms with Crippen molar-refractivity contribution in [2.45, 2.75) is 19.4 Å². The van der Waals surface area contributed by atoms with Gasteiger partial charge in [-0.2, -0.15) is 0 Å². The number of methoxy groups -OCH3 is 1. The van der Waals surface area contributed by atoms with Crippen molar-refractivity contribution in [2.75, 3.05) is 7.11 Å². The van der Waals surface area contributed by atoms with Gasteiger partial charge in [0.25, 0.3) is 0 Å². The summed E-state index contributed by atoms with van der Waals surface area (Å²) < 4.78 is 19.9. The van der Waals surface area contributed by atoms with Crippen LogP contribution < -0.4 is 0 Å². The Hall–Kier alpha value is -1.84. The van der Waals surface area contributed by atoms with Crippen LogP contribution in [0.4, 0.5) is 4.39 Å². The van der Waals surface area contributed by atoms with Crippen LogP contribution in [0.15, 0.2) is 30.5 Å². The van der Waals surface area contributed by atoms with Gasteiger partial charge in [0, 0.05) is 24.5 Å². The van der Waals surface area contributed by atoms with E-state index >= 15 is 0 Å². The second-order valence-corrected chi connectivity index (χ2v) is 3.86. The molecule has 3 nitrogen and oxygen atoms in total. The highest BCUT2D eigenvalue weighted by Crippen LogP contribution is 2.19. The highest BCUT2D eigenvalue weighted by Gasteiger charge is 2.05. The summed E-state index contributed by atoms with van der Waals surface area (Å²) >= 11 is 0. The fraction of sp³-hybridized carbons (Fsp3) is 0.308. The highest BCUT2D eigenvalue weighted by atomic mass is 19.1. The molecule has 0 N–H and O–H groups in total. The molecule has 0 atom stereocenters. The number of rotatable bonds is 4. The Morgan fingerprint density at radius 1 is 1.41 bits per heavy atom. The Kier molecular flexibility index (Phi) is 3.42. The van der Waals surface area contributed by atoms with Crippen molar-refractivity contribution in [2.24, 2.45) is 0 Å². The quantitative estimate of drug-likeness (QED) is 0.763. The number of carbonyl (C=O) groups excluding carboxylic acids is 1. The van der Waals surface area contributed by atoms with E-state index in [0.29, 0.717) is 24.8 Å². The Balaban J connectivity index is 2.09. The van der Waals surface area contributed by atoms with Gasteiger partial charge in [-0.25, -0.2) is 4.39 Å². The predicted octanol–water partition coefficient (Wildman–Crippen LogP) is 2.73. The maximum Gasteiger partial charge on any atom is 0.305 e. The van der Waals surface area contributed by atoms with E-state index in [1.165, 1.54) is 13.2 Å². The maximum atomic E-state index is 13.4. The van der Waals surface area contributed by atoms with Crippen molar-refractivity contribution in [3.63, 3.8) is 0 Å². The molecule has 0 saturated carbocycles. The number of benzene rings is 1. The van der Waals surface area contributed by atoms with E-state index in [1.807, 2.05) is 16.8 Å². The monoisotopic (exact) mass is 235 g/mol. The Labute approximate surface area is 98.8 Å². The zero-order chi connectivity index (χ0) is 12.3. The molecule has 90 valence electrons. The van der Waals surface area contributed by atoms with Crippen molar-refractivity contribution in [3.8, 4) is 0 Å². The summed E-state index contributed by atoms with van der Waals surface area (Å²) in [6.45, 7) is 0.683. The third-order valence-electron chi connectivity index (χ3n) is 2.77. The molecule has 2 rings (SSSR count). The number of nitrogens with zero attached hydrogens (tertiary/aromatic N) is 1. The number of fused-ring (bicyclic) bond motifs is 1. The summed E-state index contributed by atoms with van der Waals surface area (Å²) in [6, 6.07) is 6.76. The van der Waals surface area contributed by atoms with Gasteiger partial charge in [0.1, 0.15) is 5.82 Å². The number of halogens is 1. The summed E-state index contributed by atoms with van der Waals surface area (Å²) in [4.78, 5) is 11.0. The number of aromatic nitrogens is 1. The van der Waals surface area contributed by atoms with Crippen LogP contribution >= 0.6 is 0 Å². The molecule has 0 amide bonds. The van der Waals surface area contributed by atoms with Crippen molar-refractivity contribution in [1.29, 1.82) is 0 Å². The molecule has 0 unspecified atom stereocenters. The van der Waals surface area contributed by atoms with Crippen LogP contribution in [-0.4, -0.2) is 17.6 Å². The van der Waals surface area contributed by atoms with E-state index in [0.717, 1.165) is 5.52 Å². The zero-order valence-electron chi connectivity index (χ0n) is 9.65. The lowest BCUT2D eigenvalue weighted by Gasteiger charge is -2.04. The molecule has 4 heteroatoms. The van der Waals surface area contributed by atoms with Gasteiger partial charge < -0.3 is 9.30 Å². The average molecular weight is 235 g/mol. The molecular formula is C13H14FNO2. The van der Waals surface area contributed by atoms with Gasteiger partial charge in [0.15, 0.2) is 0 Å². The van der Waals surface area contributed by atoms with E-state index < -0.39 is 0 Å². The topological polar surface area (TPSA) is 31.2 Å². The molecule has 0 aliphatic rings. The molecular weight excluding hydrogens is 221 g/mol. The fourth-order valence-electron chi connectivity index (χ4n) is 1.88. The van der Waals surface area contributed by atoms with E-state index in [1.54, 1.807) is 12.1 Å². The van der Waals surface area contributed by atoms with E-state index in [-0.39, 0.29) is 11.8 Å². The Bertz CT molecular complexity index is 533. The van der Waals surface area contributed by atoms with Crippen LogP contribution in [0.5, 0.6) is 0 Å². The smallest absolute Gasteiger partial charge is 0.305 e. The molecule has 1 aromatic carbocycles. The SMILES string of the molecule is COC(=O)CCCn1ccc2c(F)cccc21. The minimum absolute atomic E-state index is 0.214. The second-order valence-electron chi connectivity index (χ2n) is 3.86. The summed E-state index contributed by atoms with van der Waals surface area (Å²) in [5, 5.41) is 0.616. The van der Waals surface area contributed by atoms with Crippen molar-refractivity contribution >= 4 is 16.9 Å². The first-order valence-corrected chi connectivity index (χ1v) is 5.52. The van der Waals surface area contributed by atoms with Gasteiger partial charge in [0.2, 0.25) is 0 Å². The van der Waals surface area contributed by atoms with Crippen LogP contribution in [0.1, 0.15) is 12.8 Å². The maximum absolute atomic E-state index is 13.4. The third-order valence-corrected chi connectivity index (χ3v) is 2.77.